The van der Waals surface area contributed by atoms with E-state index in [2.05, 4.69) is 26.8 Å². The van der Waals surface area contributed by atoms with Crippen molar-refractivity contribution in [1.29, 1.82) is 0 Å². The lowest BCUT2D eigenvalue weighted by Crippen LogP contribution is -2.45. The van der Waals surface area contributed by atoms with Gasteiger partial charge in [0.05, 0.1) is 11.5 Å². The van der Waals surface area contributed by atoms with E-state index in [1.807, 2.05) is 6.07 Å². The van der Waals surface area contributed by atoms with E-state index in [4.69, 9.17) is 0 Å². The Morgan fingerprint density at radius 1 is 1.12 bits per heavy atom. The van der Waals surface area contributed by atoms with Gasteiger partial charge in [-0.15, -0.1) is 0 Å². The average Bonchev–Trinajstić information content (AvgIpc) is 3.01. The number of hydrogen-bond acceptors (Lipinski definition) is 3. The van der Waals surface area contributed by atoms with Gasteiger partial charge in [0.1, 0.15) is 5.82 Å². The molecule has 2 N–H and O–H groups in total. The first-order valence-electron chi connectivity index (χ1n) is 7.86. The lowest BCUT2D eigenvalue weighted by Gasteiger charge is -2.17. The highest BCUT2D eigenvalue weighted by Crippen LogP contribution is 2.27. The first kappa shape index (κ1) is 18.1. The second-order valence-corrected chi connectivity index (χ2v) is 6.72. The number of nitrogens with zero attached hydrogens (tertiary/aromatic N) is 1. The fourth-order valence-corrected chi connectivity index (χ4v) is 3.10. The molecule has 1 aliphatic heterocycles. The van der Waals surface area contributed by atoms with Crippen LogP contribution in [0.3, 0.4) is 0 Å². The molecule has 6 nitrogen and oxygen atoms in total. The zero-order valence-electron chi connectivity index (χ0n) is 13.5. The summed E-state index contributed by atoms with van der Waals surface area (Å²) in [6.45, 7) is 0.205. The van der Waals surface area contributed by atoms with Gasteiger partial charge in [-0.2, -0.15) is 0 Å². The lowest BCUT2D eigenvalue weighted by atomic mass is 10.1. The fourth-order valence-electron chi connectivity index (χ4n) is 2.71. The topological polar surface area (TPSA) is 78.5 Å². The molecule has 0 unspecified atom stereocenters. The molecule has 1 saturated heterocycles. The molecule has 134 valence electrons. The number of halogens is 2. The van der Waals surface area contributed by atoms with Crippen LogP contribution in [0.1, 0.15) is 16.8 Å². The van der Waals surface area contributed by atoms with Gasteiger partial charge in [-0.25, -0.2) is 4.39 Å². The summed E-state index contributed by atoms with van der Waals surface area (Å²) in [6, 6.07) is 12.7. The van der Waals surface area contributed by atoms with E-state index in [9.17, 15) is 18.8 Å². The highest BCUT2D eigenvalue weighted by molar-refractivity contribution is 9.10. The van der Waals surface area contributed by atoms with Crippen LogP contribution in [-0.4, -0.2) is 24.3 Å². The van der Waals surface area contributed by atoms with Gasteiger partial charge < -0.3 is 4.90 Å². The first-order chi connectivity index (χ1) is 12.5. The Labute approximate surface area is 157 Å². The number of carbonyl (C=O) groups is 3. The van der Waals surface area contributed by atoms with E-state index >= 15 is 0 Å². The minimum atomic E-state index is -0.760. The molecule has 0 saturated carbocycles. The maximum Gasteiger partial charge on any atom is 0.272 e. The lowest BCUT2D eigenvalue weighted by molar-refractivity contribution is -0.126. The molecule has 0 spiro atoms. The van der Waals surface area contributed by atoms with Crippen LogP contribution in [0.25, 0.3) is 0 Å². The molecule has 3 rings (SSSR count). The van der Waals surface area contributed by atoms with Crippen molar-refractivity contribution in [2.45, 2.75) is 6.42 Å². The Hall–Kier alpha value is -2.74. The van der Waals surface area contributed by atoms with Crippen molar-refractivity contribution in [3.8, 4) is 0 Å². The third-order valence-electron chi connectivity index (χ3n) is 4.03. The fraction of sp³-hybridized carbons (Fsp3) is 0.167. The number of rotatable bonds is 3. The van der Waals surface area contributed by atoms with E-state index in [0.29, 0.717) is 5.69 Å². The van der Waals surface area contributed by atoms with Gasteiger partial charge in [0.25, 0.3) is 5.91 Å². The normalized spacial score (nSPS) is 16.5. The predicted molar refractivity (Wildman–Crippen MR) is 96.6 cm³/mol. The average molecular weight is 420 g/mol. The molecule has 1 atom stereocenters. The summed E-state index contributed by atoms with van der Waals surface area (Å²) in [5.41, 5.74) is 4.95. The molecule has 0 aliphatic carbocycles. The summed E-state index contributed by atoms with van der Waals surface area (Å²) in [6.07, 6.45) is 0.0356. The monoisotopic (exact) mass is 419 g/mol. The van der Waals surface area contributed by atoms with Crippen molar-refractivity contribution in [3.63, 3.8) is 0 Å². The van der Waals surface area contributed by atoms with Crippen molar-refractivity contribution in [2.75, 3.05) is 11.4 Å². The van der Waals surface area contributed by atoms with Crippen LogP contribution in [0, 0.1) is 11.7 Å². The summed E-state index contributed by atoms with van der Waals surface area (Å²) in [7, 11) is 0. The van der Waals surface area contributed by atoms with Gasteiger partial charge in [0.15, 0.2) is 0 Å². The number of anilines is 1. The summed E-state index contributed by atoms with van der Waals surface area (Å²) in [4.78, 5) is 37.9. The molecule has 1 aliphatic rings. The quantitative estimate of drug-likeness (QED) is 0.749. The van der Waals surface area contributed by atoms with E-state index < -0.39 is 23.5 Å². The standard InChI is InChI=1S/C18H15BrFN3O3/c19-12-4-3-5-13(9-12)23-10-11(8-16(23)24)17(25)21-22-18(26)14-6-1-2-7-15(14)20/h1-7,9,11H,8,10H2,(H,21,25)(H,22,26)/t11-/m1/s1. The van der Waals surface area contributed by atoms with Crippen molar-refractivity contribution in [2.24, 2.45) is 5.92 Å². The molecule has 1 fully saturated rings. The number of amides is 3. The van der Waals surface area contributed by atoms with Crippen LogP contribution in [-0.2, 0) is 9.59 Å². The highest BCUT2D eigenvalue weighted by Gasteiger charge is 2.35. The number of hydrazine groups is 1. The van der Waals surface area contributed by atoms with Gasteiger partial charge in [-0.1, -0.05) is 34.1 Å². The Bertz CT molecular complexity index is 874. The molecule has 0 radical (unpaired) electrons. The second-order valence-electron chi connectivity index (χ2n) is 5.81. The molecule has 2 aromatic carbocycles. The highest BCUT2D eigenvalue weighted by atomic mass is 79.9. The first-order valence-corrected chi connectivity index (χ1v) is 8.65. The van der Waals surface area contributed by atoms with Gasteiger partial charge >= 0.3 is 0 Å². The van der Waals surface area contributed by atoms with E-state index in [-0.39, 0.29) is 24.4 Å². The molecule has 3 amide bonds. The zero-order chi connectivity index (χ0) is 18.7. The number of carbonyl (C=O) groups excluding carboxylic acids is 3. The van der Waals surface area contributed by atoms with E-state index in [0.717, 1.165) is 10.5 Å². The molecular weight excluding hydrogens is 405 g/mol. The van der Waals surface area contributed by atoms with Crippen molar-refractivity contribution >= 4 is 39.3 Å². The Balaban J connectivity index is 1.60. The second kappa shape index (κ2) is 7.65. The number of hydrogen-bond donors (Lipinski definition) is 2. The van der Waals surface area contributed by atoms with Gasteiger partial charge in [0, 0.05) is 23.1 Å². The van der Waals surface area contributed by atoms with Gasteiger partial charge in [-0.05, 0) is 30.3 Å². The minimum absolute atomic E-state index is 0.0356. The summed E-state index contributed by atoms with van der Waals surface area (Å²) >= 11 is 3.35. The molecular formula is C18H15BrFN3O3. The minimum Gasteiger partial charge on any atom is -0.312 e. The van der Waals surface area contributed by atoms with Crippen LogP contribution >= 0.6 is 15.9 Å². The molecule has 0 aromatic heterocycles. The Kier molecular flexibility index (Phi) is 5.32. The molecule has 26 heavy (non-hydrogen) atoms. The SMILES string of the molecule is O=C(NNC(=O)[C@@H]1CC(=O)N(c2cccc(Br)c2)C1)c1ccccc1F. The van der Waals surface area contributed by atoms with Crippen LogP contribution in [0.5, 0.6) is 0 Å². The third-order valence-corrected chi connectivity index (χ3v) is 4.53. The van der Waals surface area contributed by atoms with E-state index in [1.54, 1.807) is 18.2 Å². The summed E-state index contributed by atoms with van der Waals surface area (Å²) in [5, 5.41) is 0. The Morgan fingerprint density at radius 3 is 2.62 bits per heavy atom. The largest absolute Gasteiger partial charge is 0.312 e. The summed E-state index contributed by atoms with van der Waals surface area (Å²) < 4.78 is 14.4. The van der Waals surface area contributed by atoms with Crippen molar-refractivity contribution in [3.05, 3.63) is 64.4 Å². The van der Waals surface area contributed by atoms with Crippen LogP contribution in [0.2, 0.25) is 0 Å². The number of nitrogens with one attached hydrogen (secondary N) is 2. The maximum atomic E-state index is 13.6. The predicted octanol–water partition coefficient (Wildman–Crippen LogP) is 2.40. The molecule has 8 heteroatoms. The van der Waals surface area contributed by atoms with Crippen molar-refractivity contribution in [1.82, 2.24) is 10.9 Å². The molecule has 2 aromatic rings. The van der Waals surface area contributed by atoms with Gasteiger partial charge in [0.2, 0.25) is 11.8 Å². The Morgan fingerprint density at radius 2 is 1.88 bits per heavy atom. The van der Waals surface area contributed by atoms with Crippen molar-refractivity contribution < 1.29 is 18.8 Å². The maximum absolute atomic E-state index is 13.6. The number of benzene rings is 2. The summed E-state index contributed by atoms with van der Waals surface area (Å²) in [5.74, 6) is -2.73. The van der Waals surface area contributed by atoms with Crippen LogP contribution < -0.4 is 15.8 Å². The zero-order valence-corrected chi connectivity index (χ0v) is 15.1. The smallest absolute Gasteiger partial charge is 0.272 e. The molecule has 0 bridgehead atoms. The van der Waals surface area contributed by atoms with Crippen LogP contribution in [0.15, 0.2) is 53.0 Å². The third kappa shape index (κ3) is 3.91. The van der Waals surface area contributed by atoms with Gasteiger partial charge in [-0.3, -0.25) is 25.2 Å². The van der Waals surface area contributed by atoms with Crippen LogP contribution in [0.4, 0.5) is 10.1 Å². The molecule has 1 heterocycles. The van der Waals surface area contributed by atoms with E-state index in [1.165, 1.54) is 23.1 Å².